The van der Waals surface area contributed by atoms with Crippen molar-refractivity contribution in [2.24, 2.45) is 0 Å². The van der Waals surface area contributed by atoms with Crippen LogP contribution in [0.3, 0.4) is 0 Å². The Morgan fingerprint density at radius 1 is 1.04 bits per heavy atom. The molecule has 0 spiro atoms. The molecule has 5 heteroatoms. The molecule has 0 aromatic carbocycles. The molecule has 24 heavy (non-hydrogen) atoms. The Labute approximate surface area is 143 Å². The minimum absolute atomic E-state index is 0.645. The summed E-state index contributed by atoms with van der Waals surface area (Å²) in [4.78, 5) is 13.8. The number of hydrogen-bond donors (Lipinski definition) is 0. The highest BCUT2D eigenvalue weighted by molar-refractivity contribution is 5.25. The zero-order chi connectivity index (χ0) is 16.4. The Hall–Kier alpha value is -1.98. The predicted octanol–water partition coefficient (Wildman–Crippen LogP) is 2.33. The number of nitrogens with zero attached hydrogens (tertiary/aromatic N) is 4. The van der Waals surface area contributed by atoms with Gasteiger partial charge in [0.2, 0.25) is 5.88 Å². The van der Waals surface area contributed by atoms with Crippen LogP contribution in [0.1, 0.15) is 24.0 Å². The normalized spacial score (nSPS) is 24.2. The maximum Gasteiger partial charge on any atom is 0.217 e. The van der Waals surface area contributed by atoms with Gasteiger partial charge in [-0.3, -0.25) is 14.8 Å². The summed E-state index contributed by atoms with van der Waals surface area (Å²) in [6, 6.07) is 9.63. The molecule has 2 aliphatic heterocycles. The van der Waals surface area contributed by atoms with Gasteiger partial charge >= 0.3 is 0 Å². The average Bonchev–Trinajstić information content (AvgIpc) is 3.20. The molecule has 0 radical (unpaired) electrons. The van der Waals surface area contributed by atoms with Gasteiger partial charge in [0.25, 0.3) is 0 Å². The van der Waals surface area contributed by atoms with Crippen molar-refractivity contribution in [2.45, 2.75) is 38.0 Å². The molecular formula is C19H24N4O. The van der Waals surface area contributed by atoms with E-state index < -0.39 is 0 Å². The number of fused-ring (bicyclic) bond motifs is 1. The second-order valence-electron chi connectivity index (χ2n) is 6.69. The lowest BCUT2D eigenvalue weighted by Gasteiger charge is -2.26. The van der Waals surface area contributed by atoms with Crippen LogP contribution < -0.4 is 4.74 Å². The van der Waals surface area contributed by atoms with Crippen LogP contribution in [0.2, 0.25) is 0 Å². The molecule has 0 unspecified atom stereocenters. The fourth-order valence-electron chi connectivity index (χ4n) is 4.23. The largest absolute Gasteiger partial charge is 0.481 e. The van der Waals surface area contributed by atoms with Gasteiger partial charge in [-0.25, -0.2) is 4.98 Å². The zero-order valence-corrected chi connectivity index (χ0v) is 14.1. The topological polar surface area (TPSA) is 41.5 Å². The van der Waals surface area contributed by atoms with Crippen molar-refractivity contribution in [2.75, 3.05) is 20.2 Å². The van der Waals surface area contributed by atoms with Crippen LogP contribution in [-0.4, -0.2) is 52.1 Å². The fraction of sp³-hybridized carbons (Fsp3) is 0.474. The first-order chi connectivity index (χ1) is 11.8. The van der Waals surface area contributed by atoms with Crippen LogP contribution in [0.5, 0.6) is 5.88 Å². The number of aromatic nitrogens is 2. The fourth-order valence-corrected chi connectivity index (χ4v) is 4.23. The lowest BCUT2D eigenvalue weighted by atomic mass is 10.1. The molecule has 2 aromatic heterocycles. The summed E-state index contributed by atoms with van der Waals surface area (Å²) in [5.74, 6) is 0.756. The third-order valence-electron chi connectivity index (χ3n) is 5.33. The summed E-state index contributed by atoms with van der Waals surface area (Å²) in [6.07, 6.45) is 8.11. The van der Waals surface area contributed by atoms with E-state index in [2.05, 4.69) is 31.9 Å². The molecule has 0 amide bonds. The number of likely N-dealkylation sites (tertiary alicyclic amines) is 2. The van der Waals surface area contributed by atoms with E-state index in [1.54, 1.807) is 13.3 Å². The Bertz CT molecular complexity index is 678. The minimum Gasteiger partial charge on any atom is -0.481 e. The zero-order valence-electron chi connectivity index (χ0n) is 14.1. The van der Waals surface area contributed by atoms with E-state index in [1.807, 2.05) is 24.5 Å². The van der Waals surface area contributed by atoms with E-state index in [4.69, 9.17) is 4.74 Å². The molecule has 0 N–H and O–H groups in total. The summed E-state index contributed by atoms with van der Waals surface area (Å²) in [5.41, 5.74) is 2.50. The standard InChI is InChI=1S/C19H24N4O/c1-24-19-16(5-3-9-21-19)14-23-11-7-17-18(23)6-10-22(17)13-15-4-2-8-20-12-15/h2-5,8-9,12,17-18H,6-7,10-11,13-14H2,1H3/t17-,18+/m1/s1. The van der Waals surface area contributed by atoms with Crippen molar-refractivity contribution in [3.63, 3.8) is 0 Å². The van der Waals surface area contributed by atoms with Crippen LogP contribution >= 0.6 is 0 Å². The van der Waals surface area contributed by atoms with Gasteiger partial charge in [-0.05, 0) is 30.5 Å². The van der Waals surface area contributed by atoms with Crippen LogP contribution in [0.4, 0.5) is 0 Å². The second kappa shape index (κ2) is 6.87. The lowest BCUT2D eigenvalue weighted by Crippen LogP contribution is -2.36. The molecule has 2 aromatic rings. The summed E-state index contributed by atoms with van der Waals surface area (Å²) in [7, 11) is 1.70. The molecule has 126 valence electrons. The summed E-state index contributed by atoms with van der Waals surface area (Å²) in [5, 5.41) is 0. The summed E-state index contributed by atoms with van der Waals surface area (Å²) >= 11 is 0. The Balaban J connectivity index is 1.43. The molecule has 2 aliphatic rings. The highest BCUT2D eigenvalue weighted by Gasteiger charge is 2.42. The molecule has 0 saturated carbocycles. The molecular weight excluding hydrogens is 300 g/mol. The maximum absolute atomic E-state index is 5.41. The van der Waals surface area contributed by atoms with Gasteiger partial charge in [0, 0.05) is 62.4 Å². The molecule has 2 atom stereocenters. The van der Waals surface area contributed by atoms with Crippen LogP contribution in [0, 0.1) is 0 Å². The van der Waals surface area contributed by atoms with Gasteiger partial charge in [0.1, 0.15) is 0 Å². The molecule has 4 rings (SSSR count). The maximum atomic E-state index is 5.41. The monoisotopic (exact) mass is 324 g/mol. The molecule has 2 saturated heterocycles. The molecule has 4 heterocycles. The van der Waals surface area contributed by atoms with E-state index in [9.17, 15) is 0 Å². The third-order valence-corrected chi connectivity index (χ3v) is 5.33. The first kappa shape index (κ1) is 15.5. The molecule has 5 nitrogen and oxygen atoms in total. The van der Waals surface area contributed by atoms with E-state index in [1.165, 1.54) is 30.5 Å². The number of rotatable bonds is 5. The second-order valence-corrected chi connectivity index (χ2v) is 6.69. The van der Waals surface area contributed by atoms with Gasteiger partial charge in [-0.2, -0.15) is 0 Å². The Morgan fingerprint density at radius 2 is 1.79 bits per heavy atom. The lowest BCUT2D eigenvalue weighted by molar-refractivity contribution is 0.210. The van der Waals surface area contributed by atoms with Crippen LogP contribution in [0.15, 0.2) is 42.9 Å². The molecule has 2 fully saturated rings. The number of methoxy groups -OCH3 is 1. The first-order valence-corrected chi connectivity index (χ1v) is 8.70. The van der Waals surface area contributed by atoms with Crippen molar-refractivity contribution in [1.29, 1.82) is 0 Å². The van der Waals surface area contributed by atoms with Gasteiger partial charge in [0.15, 0.2) is 0 Å². The minimum atomic E-state index is 0.645. The van der Waals surface area contributed by atoms with Crippen molar-refractivity contribution in [1.82, 2.24) is 19.8 Å². The van der Waals surface area contributed by atoms with E-state index in [0.29, 0.717) is 12.1 Å². The van der Waals surface area contributed by atoms with Crippen molar-refractivity contribution in [3.8, 4) is 5.88 Å². The molecule has 0 bridgehead atoms. The number of ether oxygens (including phenoxy) is 1. The summed E-state index contributed by atoms with van der Waals surface area (Å²) in [6.45, 7) is 4.26. The average molecular weight is 324 g/mol. The van der Waals surface area contributed by atoms with E-state index in [0.717, 1.165) is 25.5 Å². The summed E-state index contributed by atoms with van der Waals surface area (Å²) < 4.78 is 5.41. The van der Waals surface area contributed by atoms with Crippen LogP contribution in [-0.2, 0) is 13.1 Å². The number of pyridine rings is 2. The van der Waals surface area contributed by atoms with Crippen molar-refractivity contribution < 1.29 is 4.74 Å². The van der Waals surface area contributed by atoms with Gasteiger partial charge < -0.3 is 4.74 Å². The van der Waals surface area contributed by atoms with Crippen molar-refractivity contribution >= 4 is 0 Å². The third kappa shape index (κ3) is 3.01. The Morgan fingerprint density at radius 3 is 2.50 bits per heavy atom. The van der Waals surface area contributed by atoms with Gasteiger partial charge in [-0.15, -0.1) is 0 Å². The van der Waals surface area contributed by atoms with E-state index in [-0.39, 0.29) is 0 Å². The quantitative estimate of drug-likeness (QED) is 0.844. The van der Waals surface area contributed by atoms with Gasteiger partial charge in [-0.1, -0.05) is 12.1 Å². The van der Waals surface area contributed by atoms with E-state index >= 15 is 0 Å². The highest BCUT2D eigenvalue weighted by Crippen LogP contribution is 2.34. The van der Waals surface area contributed by atoms with Crippen LogP contribution in [0.25, 0.3) is 0 Å². The van der Waals surface area contributed by atoms with Crippen molar-refractivity contribution in [3.05, 3.63) is 54.0 Å². The Kier molecular flexibility index (Phi) is 4.45. The molecule has 0 aliphatic carbocycles. The SMILES string of the molecule is COc1ncccc1CN1CC[C@@H]2[C@@H]1CCN2Cc1cccnc1. The predicted molar refractivity (Wildman–Crippen MR) is 92.7 cm³/mol. The highest BCUT2D eigenvalue weighted by atomic mass is 16.5. The first-order valence-electron chi connectivity index (χ1n) is 8.70. The smallest absolute Gasteiger partial charge is 0.217 e. The number of hydrogen-bond acceptors (Lipinski definition) is 5. The van der Waals surface area contributed by atoms with Gasteiger partial charge in [0.05, 0.1) is 7.11 Å².